The summed E-state index contributed by atoms with van der Waals surface area (Å²) in [5.41, 5.74) is 5.65. The van der Waals surface area contributed by atoms with Crippen LogP contribution in [0, 0.1) is 0 Å². The number of phenols is 1. The molecule has 0 aliphatic carbocycles. The first-order valence-corrected chi connectivity index (χ1v) is 20.3. The minimum absolute atomic E-state index is 0.000777. The number of pyridine rings is 1. The van der Waals surface area contributed by atoms with Gasteiger partial charge < -0.3 is 29.7 Å². The number of phenolic OH excluding ortho intramolecular Hbond substituents is 1. The summed E-state index contributed by atoms with van der Waals surface area (Å²) >= 11 is 0. The van der Waals surface area contributed by atoms with Crippen LogP contribution < -0.4 is 20.9 Å². The average Bonchev–Trinajstić information content (AvgIpc) is 3.08. The van der Waals surface area contributed by atoms with Crippen LogP contribution in [0.1, 0.15) is 56.4 Å². The minimum Gasteiger partial charge on any atom is -0.506 e. The largest absolute Gasteiger partial charge is 0.506 e. The van der Waals surface area contributed by atoms with Crippen LogP contribution in [0.5, 0.6) is 11.5 Å². The molecule has 0 aliphatic heterocycles. The molecular formula is C41H49N3O6Si. The van der Waals surface area contributed by atoms with E-state index in [0.717, 1.165) is 58.2 Å². The minimum atomic E-state index is -2.18. The van der Waals surface area contributed by atoms with Crippen LogP contribution >= 0.6 is 0 Å². The molecule has 10 heteroatoms. The number of benzene rings is 4. The molecule has 268 valence electrons. The second-order valence-corrected chi connectivity index (χ2v) is 19.2. The number of unbranched alkanes of at least 4 members (excludes halogenated alkanes) is 1. The fourth-order valence-corrected chi connectivity index (χ4v) is 7.07. The van der Waals surface area contributed by atoms with Crippen molar-refractivity contribution in [1.29, 1.82) is 0 Å². The van der Waals surface area contributed by atoms with Gasteiger partial charge in [0.25, 0.3) is 0 Å². The Labute approximate surface area is 300 Å². The number of aryl methyl sites for hydroxylation is 1. The standard InChI is InChI=1S/C41H49N3O6Si/c1-41(2,3)51(4,5)50-37(33-20-22-36(45)39-34(33)21-23-38(46)44-39)27-42-26-29-14-17-31(18-15-29)49-24-10-9-11-28-16-19-32(30-12-7-6-8-13-30)35(25-28)43-40(47)48/h6-8,12-23,25,37,42-43,45H,9-11,24,26-27H2,1-5H3,(H,44,46)(H,47,48)/t37-/m0/s1. The van der Waals surface area contributed by atoms with Crippen LogP contribution in [-0.2, 0) is 17.4 Å². The Kier molecular flexibility index (Phi) is 12.0. The maximum Gasteiger partial charge on any atom is 0.409 e. The highest BCUT2D eigenvalue weighted by Crippen LogP contribution is 2.41. The Balaban J connectivity index is 1.14. The smallest absolute Gasteiger partial charge is 0.409 e. The molecule has 1 atom stereocenters. The van der Waals surface area contributed by atoms with Crippen molar-refractivity contribution in [2.75, 3.05) is 18.5 Å². The van der Waals surface area contributed by atoms with E-state index in [-0.39, 0.29) is 22.5 Å². The van der Waals surface area contributed by atoms with Gasteiger partial charge in [-0.1, -0.05) is 81.4 Å². The van der Waals surface area contributed by atoms with E-state index in [0.29, 0.717) is 30.9 Å². The van der Waals surface area contributed by atoms with E-state index >= 15 is 0 Å². The summed E-state index contributed by atoms with van der Waals surface area (Å²) in [5, 5.41) is 26.7. The number of fused-ring (bicyclic) bond motifs is 1. The number of aromatic amines is 1. The molecular weight excluding hydrogens is 659 g/mol. The number of carbonyl (C=O) groups is 1. The zero-order valence-corrected chi connectivity index (χ0v) is 31.1. The third kappa shape index (κ3) is 9.88. The molecule has 0 unspecified atom stereocenters. The van der Waals surface area contributed by atoms with Crippen LogP contribution in [-0.4, -0.2) is 42.8 Å². The van der Waals surface area contributed by atoms with E-state index in [1.54, 1.807) is 12.1 Å². The lowest BCUT2D eigenvalue weighted by Crippen LogP contribution is -2.43. The molecule has 5 aromatic rings. The fourth-order valence-electron chi connectivity index (χ4n) is 5.79. The van der Waals surface area contributed by atoms with Gasteiger partial charge in [-0.15, -0.1) is 0 Å². The summed E-state index contributed by atoms with van der Waals surface area (Å²) in [7, 11) is -2.18. The Morgan fingerprint density at radius 3 is 2.33 bits per heavy atom. The van der Waals surface area contributed by atoms with E-state index in [2.05, 4.69) is 67.7 Å². The van der Waals surface area contributed by atoms with Gasteiger partial charge in [0, 0.05) is 30.1 Å². The van der Waals surface area contributed by atoms with E-state index in [9.17, 15) is 19.8 Å². The highest BCUT2D eigenvalue weighted by molar-refractivity contribution is 6.74. The highest BCUT2D eigenvalue weighted by atomic mass is 28.4. The lowest BCUT2D eigenvalue weighted by atomic mass is 9.99. The van der Waals surface area contributed by atoms with Crippen molar-refractivity contribution in [1.82, 2.24) is 10.3 Å². The molecule has 51 heavy (non-hydrogen) atoms. The van der Waals surface area contributed by atoms with Crippen LogP contribution in [0.25, 0.3) is 22.0 Å². The number of hydrogen-bond acceptors (Lipinski definition) is 6. The van der Waals surface area contributed by atoms with E-state index < -0.39 is 14.4 Å². The second-order valence-electron chi connectivity index (χ2n) is 14.4. The molecule has 9 nitrogen and oxygen atoms in total. The van der Waals surface area contributed by atoms with Crippen LogP contribution in [0.3, 0.4) is 0 Å². The molecule has 1 aromatic heterocycles. The summed E-state index contributed by atoms with van der Waals surface area (Å²) < 4.78 is 12.9. The summed E-state index contributed by atoms with van der Waals surface area (Å²) in [5.74, 6) is 0.841. The van der Waals surface area contributed by atoms with Crippen molar-refractivity contribution < 1.29 is 24.2 Å². The molecule has 0 aliphatic rings. The van der Waals surface area contributed by atoms with Gasteiger partial charge in [-0.05, 0) is 90.0 Å². The van der Waals surface area contributed by atoms with Gasteiger partial charge in [0.05, 0.1) is 23.9 Å². The number of aromatic nitrogens is 1. The Hall–Kier alpha value is -4.90. The lowest BCUT2D eigenvalue weighted by molar-refractivity contribution is 0.181. The number of hydrogen-bond donors (Lipinski definition) is 5. The number of amides is 1. The number of rotatable bonds is 15. The molecule has 0 bridgehead atoms. The predicted molar refractivity (Wildman–Crippen MR) is 207 cm³/mol. The Morgan fingerprint density at radius 2 is 1.63 bits per heavy atom. The summed E-state index contributed by atoms with van der Waals surface area (Å²) in [4.78, 5) is 26.2. The Bertz CT molecular complexity index is 1990. The second kappa shape index (κ2) is 16.4. The fraction of sp³-hybridized carbons (Fsp3) is 0.317. The third-order valence-corrected chi connectivity index (χ3v) is 14.1. The van der Waals surface area contributed by atoms with Gasteiger partial charge in [-0.25, -0.2) is 4.79 Å². The van der Waals surface area contributed by atoms with Crippen molar-refractivity contribution in [3.63, 3.8) is 0 Å². The molecule has 0 fully saturated rings. The summed E-state index contributed by atoms with van der Waals surface area (Å²) in [6, 6.07) is 30.5. The van der Waals surface area contributed by atoms with Crippen molar-refractivity contribution in [2.24, 2.45) is 0 Å². The van der Waals surface area contributed by atoms with E-state index in [4.69, 9.17) is 9.16 Å². The van der Waals surface area contributed by atoms with E-state index in [1.165, 1.54) is 6.07 Å². The first-order chi connectivity index (χ1) is 24.3. The molecule has 4 aromatic carbocycles. The topological polar surface area (TPSA) is 133 Å². The summed E-state index contributed by atoms with van der Waals surface area (Å²) in [6.07, 6.45) is 1.21. The van der Waals surface area contributed by atoms with Crippen LogP contribution in [0.15, 0.2) is 102 Å². The van der Waals surface area contributed by atoms with Gasteiger partial charge in [-0.3, -0.25) is 10.1 Å². The normalized spacial score (nSPS) is 12.5. The monoisotopic (exact) mass is 707 g/mol. The highest BCUT2D eigenvalue weighted by Gasteiger charge is 2.39. The number of carboxylic acid groups (broad SMARTS) is 1. The molecule has 0 radical (unpaired) electrons. The van der Waals surface area contributed by atoms with Crippen molar-refractivity contribution >= 4 is 31.0 Å². The maximum absolute atomic E-state index is 12.0. The zero-order valence-electron chi connectivity index (χ0n) is 30.1. The molecule has 1 heterocycles. The van der Waals surface area contributed by atoms with Gasteiger partial charge in [0.15, 0.2) is 8.32 Å². The SMILES string of the molecule is CC(C)(C)[Si](C)(C)O[C@@H](CNCc1ccc(OCCCCc2ccc(-c3ccccc3)c(NC(=O)O)c2)cc1)c1ccc(O)c2[nH]c(=O)ccc12. The zero-order chi connectivity index (χ0) is 36.6. The number of anilines is 1. The predicted octanol–water partition coefficient (Wildman–Crippen LogP) is 9.25. The van der Waals surface area contributed by atoms with E-state index in [1.807, 2.05) is 60.7 Å². The summed E-state index contributed by atoms with van der Waals surface area (Å²) in [6.45, 7) is 12.8. The first kappa shape index (κ1) is 37.4. The van der Waals surface area contributed by atoms with Gasteiger partial charge in [0.2, 0.25) is 5.56 Å². The number of nitrogens with one attached hydrogen (secondary N) is 3. The number of ether oxygens (including phenoxy) is 1. The molecule has 1 amide bonds. The van der Waals surface area contributed by atoms with Crippen molar-refractivity contribution in [3.8, 4) is 22.6 Å². The maximum atomic E-state index is 12.0. The molecule has 5 rings (SSSR count). The first-order valence-electron chi connectivity index (χ1n) is 17.4. The van der Waals surface area contributed by atoms with Crippen LogP contribution in [0.4, 0.5) is 10.5 Å². The van der Waals surface area contributed by atoms with Crippen molar-refractivity contribution in [3.05, 3.63) is 124 Å². The van der Waals surface area contributed by atoms with Crippen molar-refractivity contribution in [2.45, 2.75) is 70.8 Å². The van der Waals surface area contributed by atoms with Gasteiger partial charge in [-0.2, -0.15) is 0 Å². The van der Waals surface area contributed by atoms with Gasteiger partial charge >= 0.3 is 6.09 Å². The molecule has 0 saturated heterocycles. The quantitative estimate of drug-likeness (QED) is 0.0541. The number of aromatic hydroxyl groups is 1. The lowest BCUT2D eigenvalue weighted by Gasteiger charge is -2.39. The molecule has 0 spiro atoms. The van der Waals surface area contributed by atoms with Crippen LogP contribution in [0.2, 0.25) is 18.1 Å². The van der Waals surface area contributed by atoms with Gasteiger partial charge in [0.1, 0.15) is 11.5 Å². The molecule has 5 N–H and O–H groups in total. The molecule has 0 saturated carbocycles. The third-order valence-electron chi connectivity index (χ3n) is 9.62. The number of H-pyrrole nitrogens is 1. The average molecular weight is 708 g/mol. The Morgan fingerprint density at radius 1 is 0.902 bits per heavy atom.